The summed E-state index contributed by atoms with van der Waals surface area (Å²) in [5.74, 6) is 0.0693. The molecule has 0 saturated carbocycles. The second kappa shape index (κ2) is 10.9. The fourth-order valence-electron chi connectivity index (χ4n) is 3.87. The number of carbonyl (C=O) groups excluding carboxylic acids is 1. The van der Waals surface area contributed by atoms with Gasteiger partial charge in [-0.1, -0.05) is 78.9 Å². The minimum atomic E-state index is -3.89. The molecule has 0 unspecified atom stereocenters. The highest BCUT2D eigenvalue weighted by Crippen LogP contribution is 2.29. The summed E-state index contributed by atoms with van der Waals surface area (Å²) in [7, 11) is -2.42. The van der Waals surface area contributed by atoms with Gasteiger partial charge >= 0.3 is 0 Å². The first-order valence-corrected chi connectivity index (χ1v) is 12.6. The summed E-state index contributed by atoms with van der Waals surface area (Å²) in [4.78, 5) is 13.0. The fourth-order valence-corrected chi connectivity index (χ4v) is 4.99. The van der Waals surface area contributed by atoms with Crippen molar-refractivity contribution in [1.29, 1.82) is 0 Å². The Labute approximate surface area is 205 Å². The third-order valence-corrected chi connectivity index (χ3v) is 6.94. The van der Waals surface area contributed by atoms with E-state index in [9.17, 15) is 13.2 Å². The van der Waals surface area contributed by atoms with E-state index in [0.29, 0.717) is 17.1 Å². The van der Waals surface area contributed by atoms with Crippen molar-refractivity contribution in [3.8, 4) is 5.75 Å². The first kappa shape index (κ1) is 24.0. The molecule has 178 valence electrons. The van der Waals surface area contributed by atoms with Crippen LogP contribution in [0.4, 0.5) is 11.4 Å². The highest BCUT2D eigenvalue weighted by Gasteiger charge is 2.20. The number of amides is 1. The fraction of sp³-hybridized carbons (Fsp3) is 0.107. The van der Waals surface area contributed by atoms with E-state index in [2.05, 4.69) is 10.0 Å². The average molecular weight is 487 g/mol. The first-order valence-electron chi connectivity index (χ1n) is 11.1. The summed E-state index contributed by atoms with van der Waals surface area (Å²) in [6, 6.07) is 32.6. The van der Waals surface area contributed by atoms with Crippen molar-refractivity contribution in [3.05, 3.63) is 120 Å². The minimum absolute atomic E-state index is 0.0314. The molecule has 2 N–H and O–H groups in total. The molecule has 1 amide bonds. The van der Waals surface area contributed by atoms with Crippen molar-refractivity contribution in [1.82, 2.24) is 0 Å². The van der Waals surface area contributed by atoms with Crippen LogP contribution < -0.4 is 14.8 Å². The van der Waals surface area contributed by atoms with Crippen LogP contribution in [0.25, 0.3) is 0 Å². The Morgan fingerprint density at radius 3 is 2.03 bits per heavy atom. The van der Waals surface area contributed by atoms with E-state index in [4.69, 9.17) is 4.74 Å². The Hall–Kier alpha value is -4.10. The van der Waals surface area contributed by atoms with Gasteiger partial charge in [0.1, 0.15) is 5.75 Å². The van der Waals surface area contributed by atoms with E-state index in [1.165, 1.54) is 19.2 Å². The Kier molecular flexibility index (Phi) is 7.48. The van der Waals surface area contributed by atoms with Gasteiger partial charge in [0.05, 0.1) is 17.7 Å². The molecule has 35 heavy (non-hydrogen) atoms. The molecule has 0 aromatic heterocycles. The van der Waals surface area contributed by atoms with Crippen LogP contribution in [0.2, 0.25) is 0 Å². The van der Waals surface area contributed by atoms with Crippen LogP contribution in [0, 0.1) is 0 Å². The molecule has 4 aromatic carbocycles. The second-order valence-electron chi connectivity index (χ2n) is 7.96. The Bertz CT molecular complexity index is 1350. The van der Waals surface area contributed by atoms with Crippen LogP contribution in [-0.2, 0) is 14.8 Å². The molecule has 0 fully saturated rings. The van der Waals surface area contributed by atoms with Crippen molar-refractivity contribution < 1.29 is 17.9 Å². The quantitative estimate of drug-likeness (QED) is 0.320. The maximum atomic E-state index is 13.0. The molecule has 4 aromatic rings. The molecule has 0 bridgehead atoms. The van der Waals surface area contributed by atoms with Crippen LogP contribution in [0.3, 0.4) is 0 Å². The molecule has 0 aliphatic carbocycles. The van der Waals surface area contributed by atoms with Gasteiger partial charge in [0, 0.05) is 18.0 Å². The van der Waals surface area contributed by atoms with Gasteiger partial charge in [-0.25, -0.2) is 8.42 Å². The monoisotopic (exact) mass is 486 g/mol. The minimum Gasteiger partial charge on any atom is -0.495 e. The summed E-state index contributed by atoms with van der Waals surface area (Å²) >= 11 is 0. The molecule has 0 spiro atoms. The van der Waals surface area contributed by atoms with E-state index >= 15 is 0 Å². The van der Waals surface area contributed by atoms with Gasteiger partial charge in [0.15, 0.2) is 0 Å². The molecular weight excluding hydrogens is 460 g/mol. The predicted octanol–water partition coefficient (Wildman–Crippen LogP) is 5.66. The zero-order valence-electron chi connectivity index (χ0n) is 19.2. The maximum Gasteiger partial charge on any atom is 0.262 e. The van der Waals surface area contributed by atoms with E-state index in [-0.39, 0.29) is 23.1 Å². The number of benzene rings is 4. The predicted molar refractivity (Wildman–Crippen MR) is 138 cm³/mol. The Balaban J connectivity index is 1.52. The number of sulfonamides is 1. The van der Waals surface area contributed by atoms with Gasteiger partial charge in [-0.2, -0.15) is 0 Å². The molecule has 0 radical (unpaired) electrons. The number of methoxy groups -OCH3 is 1. The van der Waals surface area contributed by atoms with Crippen LogP contribution >= 0.6 is 0 Å². The van der Waals surface area contributed by atoms with Crippen molar-refractivity contribution in [2.75, 3.05) is 17.1 Å². The lowest BCUT2D eigenvalue weighted by molar-refractivity contribution is -0.116. The summed E-state index contributed by atoms with van der Waals surface area (Å²) in [5.41, 5.74) is 2.80. The highest BCUT2D eigenvalue weighted by atomic mass is 32.2. The van der Waals surface area contributed by atoms with E-state index in [0.717, 1.165) is 11.1 Å². The molecule has 6 nitrogen and oxygen atoms in total. The summed E-state index contributed by atoms with van der Waals surface area (Å²) < 4.78 is 33.7. The molecule has 0 aliphatic rings. The zero-order valence-corrected chi connectivity index (χ0v) is 20.0. The molecule has 7 heteroatoms. The van der Waals surface area contributed by atoms with E-state index in [1.807, 2.05) is 60.7 Å². The SMILES string of the molecule is COc1ccccc1NS(=O)(=O)c1cccc(NC(=O)CC(c2ccccc2)c2ccccc2)c1. The Morgan fingerprint density at radius 2 is 1.40 bits per heavy atom. The van der Waals surface area contributed by atoms with E-state index < -0.39 is 10.0 Å². The number of ether oxygens (including phenoxy) is 1. The van der Waals surface area contributed by atoms with Crippen LogP contribution in [0.15, 0.2) is 114 Å². The lowest BCUT2D eigenvalue weighted by atomic mass is 9.88. The molecule has 4 rings (SSSR count). The Morgan fingerprint density at radius 1 is 0.800 bits per heavy atom. The normalized spacial score (nSPS) is 11.1. The number of nitrogens with one attached hydrogen (secondary N) is 2. The number of carbonyl (C=O) groups is 1. The maximum absolute atomic E-state index is 13.0. The third kappa shape index (κ3) is 6.07. The molecular formula is C28H26N2O4S. The van der Waals surface area contributed by atoms with Crippen molar-refractivity contribution in [2.24, 2.45) is 0 Å². The summed E-state index contributed by atoms with van der Waals surface area (Å²) in [6.45, 7) is 0. The van der Waals surface area contributed by atoms with Crippen LogP contribution in [0.5, 0.6) is 5.75 Å². The first-order chi connectivity index (χ1) is 17.0. The number of para-hydroxylation sites is 2. The summed E-state index contributed by atoms with van der Waals surface area (Å²) in [6.07, 6.45) is 0.213. The van der Waals surface area contributed by atoms with Gasteiger partial charge in [-0.15, -0.1) is 0 Å². The summed E-state index contributed by atoms with van der Waals surface area (Å²) in [5, 5.41) is 2.85. The molecule has 0 saturated heterocycles. The van der Waals surface area contributed by atoms with Crippen molar-refractivity contribution in [2.45, 2.75) is 17.2 Å². The molecule has 0 heterocycles. The average Bonchev–Trinajstić information content (AvgIpc) is 2.88. The standard InChI is InChI=1S/C28H26N2O4S/c1-34-27-18-9-8-17-26(27)30-35(32,33)24-16-10-15-23(19-24)29-28(31)20-25(21-11-4-2-5-12-21)22-13-6-3-7-14-22/h2-19,25,30H,20H2,1H3,(H,29,31). The van der Waals surface area contributed by atoms with Crippen molar-refractivity contribution >= 4 is 27.3 Å². The lowest BCUT2D eigenvalue weighted by Gasteiger charge is -2.18. The van der Waals surface area contributed by atoms with Gasteiger partial charge in [-0.05, 0) is 41.5 Å². The number of anilines is 2. The van der Waals surface area contributed by atoms with Crippen molar-refractivity contribution in [3.63, 3.8) is 0 Å². The largest absolute Gasteiger partial charge is 0.495 e. The second-order valence-corrected chi connectivity index (χ2v) is 9.64. The highest BCUT2D eigenvalue weighted by molar-refractivity contribution is 7.92. The van der Waals surface area contributed by atoms with Crippen LogP contribution in [-0.4, -0.2) is 21.4 Å². The van der Waals surface area contributed by atoms with Gasteiger partial charge in [0.25, 0.3) is 10.0 Å². The topological polar surface area (TPSA) is 84.5 Å². The van der Waals surface area contributed by atoms with Gasteiger partial charge in [-0.3, -0.25) is 9.52 Å². The number of rotatable bonds is 9. The van der Waals surface area contributed by atoms with Gasteiger partial charge < -0.3 is 10.1 Å². The number of hydrogen-bond donors (Lipinski definition) is 2. The molecule has 0 aliphatic heterocycles. The van der Waals surface area contributed by atoms with Crippen LogP contribution in [0.1, 0.15) is 23.5 Å². The lowest BCUT2D eigenvalue weighted by Crippen LogP contribution is -2.17. The molecule has 0 atom stereocenters. The number of hydrogen-bond acceptors (Lipinski definition) is 4. The smallest absolute Gasteiger partial charge is 0.262 e. The van der Waals surface area contributed by atoms with E-state index in [1.54, 1.807) is 36.4 Å². The zero-order chi connectivity index (χ0) is 24.7. The van der Waals surface area contributed by atoms with Gasteiger partial charge in [0.2, 0.25) is 5.91 Å². The third-order valence-electron chi connectivity index (χ3n) is 5.57.